The van der Waals surface area contributed by atoms with Crippen molar-refractivity contribution in [3.8, 4) is 5.75 Å². The second-order valence-corrected chi connectivity index (χ2v) is 6.36. The molecular formula is C17H13BrN4O2S. The molecule has 0 unspecified atom stereocenters. The predicted octanol–water partition coefficient (Wildman–Crippen LogP) is 3.52. The van der Waals surface area contributed by atoms with Gasteiger partial charge in [-0.2, -0.15) is 14.9 Å². The minimum absolute atomic E-state index is 0.131. The van der Waals surface area contributed by atoms with Crippen molar-refractivity contribution < 1.29 is 4.74 Å². The third kappa shape index (κ3) is 4.71. The standard InChI is InChI=1S/C17H13BrN4O2S/c18-14-6-4-12(5-7-14)11-24-15-3-1-2-13(8-15)9-20-22-16(23)10-19-21-17(22)25/h1-10H,11H2,(H,21,25)/b20-9+. The Bertz CT molecular complexity index is 984. The number of aromatic nitrogens is 3. The first-order valence-corrected chi connectivity index (χ1v) is 8.50. The molecule has 6 nitrogen and oxygen atoms in total. The van der Waals surface area contributed by atoms with Crippen molar-refractivity contribution in [3.05, 3.63) is 85.5 Å². The molecule has 0 aliphatic carbocycles. The summed E-state index contributed by atoms with van der Waals surface area (Å²) in [6.07, 6.45) is 2.66. The van der Waals surface area contributed by atoms with Crippen molar-refractivity contribution in [2.45, 2.75) is 6.61 Å². The van der Waals surface area contributed by atoms with Gasteiger partial charge >= 0.3 is 0 Å². The normalized spacial score (nSPS) is 10.9. The molecule has 0 fully saturated rings. The molecule has 2 aromatic carbocycles. The summed E-state index contributed by atoms with van der Waals surface area (Å²) >= 11 is 8.39. The van der Waals surface area contributed by atoms with Crippen LogP contribution in [0.25, 0.3) is 0 Å². The average molecular weight is 417 g/mol. The van der Waals surface area contributed by atoms with Gasteiger partial charge in [-0.05, 0) is 47.6 Å². The second kappa shape index (κ2) is 8.00. The second-order valence-electron chi connectivity index (χ2n) is 5.06. The van der Waals surface area contributed by atoms with Gasteiger partial charge in [0.25, 0.3) is 5.56 Å². The van der Waals surface area contributed by atoms with Gasteiger partial charge in [-0.1, -0.05) is 40.2 Å². The van der Waals surface area contributed by atoms with Crippen molar-refractivity contribution >= 4 is 34.4 Å². The Balaban J connectivity index is 1.73. The van der Waals surface area contributed by atoms with E-state index in [1.165, 1.54) is 6.21 Å². The van der Waals surface area contributed by atoms with Gasteiger partial charge in [-0.15, -0.1) is 0 Å². The molecule has 3 aromatic rings. The van der Waals surface area contributed by atoms with E-state index >= 15 is 0 Å². The van der Waals surface area contributed by atoms with Gasteiger partial charge < -0.3 is 4.74 Å². The number of hydrogen-bond acceptors (Lipinski definition) is 5. The van der Waals surface area contributed by atoms with Gasteiger partial charge in [0, 0.05) is 4.47 Å². The summed E-state index contributed by atoms with van der Waals surface area (Å²) in [5.41, 5.74) is 1.45. The first kappa shape index (κ1) is 17.2. The van der Waals surface area contributed by atoms with Crippen LogP contribution in [-0.4, -0.2) is 21.1 Å². The number of nitrogens with one attached hydrogen (secondary N) is 1. The number of rotatable bonds is 5. The van der Waals surface area contributed by atoms with E-state index in [4.69, 9.17) is 17.0 Å². The van der Waals surface area contributed by atoms with E-state index in [0.717, 1.165) is 26.5 Å². The summed E-state index contributed by atoms with van der Waals surface area (Å²) in [7, 11) is 0. The van der Waals surface area contributed by atoms with E-state index < -0.39 is 5.56 Å². The lowest BCUT2D eigenvalue weighted by Crippen LogP contribution is -2.18. The Morgan fingerprint density at radius 2 is 2.08 bits per heavy atom. The third-order valence-corrected chi connectivity index (χ3v) is 4.03. The number of nitrogens with zero attached hydrogens (tertiary/aromatic N) is 3. The molecule has 0 saturated heterocycles. The first-order valence-electron chi connectivity index (χ1n) is 7.30. The van der Waals surface area contributed by atoms with Crippen molar-refractivity contribution in [2.75, 3.05) is 0 Å². The summed E-state index contributed by atoms with van der Waals surface area (Å²) in [5, 5.41) is 10.2. The smallest absolute Gasteiger partial charge is 0.293 e. The van der Waals surface area contributed by atoms with E-state index in [2.05, 4.69) is 31.2 Å². The molecule has 0 saturated carbocycles. The highest BCUT2D eigenvalue weighted by Gasteiger charge is 1.99. The fraction of sp³-hybridized carbons (Fsp3) is 0.0588. The topological polar surface area (TPSA) is 72.3 Å². The Kier molecular flexibility index (Phi) is 5.52. The van der Waals surface area contributed by atoms with Gasteiger partial charge in [-0.25, -0.2) is 0 Å². The Labute approximate surface area is 156 Å². The predicted molar refractivity (Wildman–Crippen MR) is 102 cm³/mol. The minimum Gasteiger partial charge on any atom is -0.489 e. The highest BCUT2D eigenvalue weighted by molar-refractivity contribution is 9.10. The zero-order valence-electron chi connectivity index (χ0n) is 12.9. The van der Waals surface area contributed by atoms with Crippen LogP contribution in [0.1, 0.15) is 11.1 Å². The van der Waals surface area contributed by atoms with Crippen LogP contribution >= 0.6 is 28.1 Å². The summed E-state index contributed by atoms with van der Waals surface area (Å²) in [4.78, 5) is 11.7. The van der Waals surface area contributed by atoms with Crippen LogP contribution in [0.4, 0.5) is 0 Å². The van der Waals surface area contributed by atoms with E-state index in [0.29, 0.717) is 12.4 Å². The largest absolute Gasteiger partial charge is 0.489 e. The number of hydrogen-bond donors (Lipinski definition) is 1. The molecule has 126 valence electrons. The molecule has 0 aliphatic rings. The molecule has 0 bridgehead atoms. The number of halogens is 1. The molecule has 0 spiro atoms. The van der Waals surface area contributed by atoms with Crippen molar-refractivity contribution in [1.29, 1.82) is 0 Å². The lowest BCUT2D eigenvalue weighted by Gasteiger charge is -2.07. The van der Waals surface area contributed by atoms with Crippen molar-refractivity contribution in [2.24, 2.45) is 5.10 Å². The van der Waals surface area contributed by atoms with E-state index in [-0.39, 0.29) is 4.77 Å². The van der Waals surface area contributed by atoms with Gasteiger partial charge in [0.2, 0.25) is 4.77 Å². The molecule has 25 heavy (non-hydrogen) atoms. The molecule has 0 amide bonds. The summed E-state index contributed by atoms with van der Waals surface area (Å²) in [6, 6.07) is 15.3. The number of ether oxygens (including phenoxy) is 1. The van der Waals surface area contributed by atoms with Crippen LogP contribution in [-0.2, 0) is 6.61 Å². The Morgan fingerprint density at radius 1 is 1.28 bits per heavy atom. The Morgan fingerprint density at radius 3 is 2.84 bits per heavy atom. The highest BCUT2D eigenvalue weighted by Crippen LogP contribution is 2.16. The van der Waals surface area contributed by atoms with Crippen LogP contribution in [0.3, 0.4) is 0 Å². The lowest BCUT2D eigenvalue weighted by atomic mass is 10.2. The van der Waals surface area contributed by atoms with E-state index in [1.54, 1.807) is 0 Å². The maximum atomic E-state index is 11.7. The molecule has 0 radical (unpaired) electrons. The number of benzene rings is 2. The van der Waals surface area contributed by atoms with Crippen LogP contribution in [0, 0.1) is 4.77 Å². The molecule has 1 heterocycles. The third-order valence-electron chi connectivity index (χ3n) is 3.24. The monoisotopic (exact) mass is 416 g/mol. The Hall–Kier alpha value is -2.58. The van der Waals surface area contributed by atoms with E-state index in [9.17, 15) is 4.79 Å². The zero-order valence-corrected chi connectivity index (χ0v) is 15.3. The minimum atomic E-state index is -0.400. The number of aromatic amines is 1. The zero-order chi connectivity index (χ0) is 17.6. The first-order chi connectivity index (χ1) is 12.1. The van der Waals surface area contributed by atoms with Gasteiger partial charge in [0.05, 0.1) is 6.21 Å². The average Bonchev–Trinajstić information content (AvgIpc) is 2.61. The van der Waals surface area contributed by atoms with Crippen molar-refractivity contribution in [3.63, 3.8) is 0 Å². The summed E-state index contributed by atoms with van der Waals surface area (Å²) in [5.74, 6) is 0.708. The van der Waals surface area contributed by atoms with Gasteiger partial charge in [-0.3, -0.25) is 9.89 Å². The maximum Gasteiger partial charge on any atom is 0.293 e. The fourth-order valence-corrected chi connectivity index (χ4v) is 2.46. The number of H-pyrrole nitrogens is 1. The SMILES string of the molecule is O=c1cn[nH]c(=S)n1/N=C/c1cccc(OCc2ccc(Br)cc2)c1. The van der Waals surface area contributed by atoms with Gasteiger partial charge in [0.1, 0.15) is 18.6 Å². The lowest BCUT2D eigenvalue weighted by molar-refractivity contribution is 0.306. The van der Waals surface area contributed by atoms with Crippen LogP contribution in [0.15, 0.2) is 69.1 Å². The van der Waals surface area contributed by atoms with Crippen LogP contribution in [0.2, 0.25) is 0 Å². The van der Waals surface area contributed by atoms with Crippen LogP contribution in [0.5, 0.6) is 5.75 Å². The van der Waals surface area contributed by atoms with Crippen LogP contribution < -0.4 is 10.3 Å². The molecule has 3 rings (SSSR count). The fourth-order valence-electron chi connectivity index (χ4n) is 2.01. The maximum absolute atomic E-state index is 11.7. The van der Waals surface area contributed by atoms with Crippen molar-refractivity contribution in [1.82, 2.24) is 14.9 Å². The summed E-state index contributed by atoms with van der Waals surface area (Å²) in [6.45, 7) is 0.461. The molecule has 8 heteroatoms. The molecule has 0 aliphatic heterocycles. The van der Waals surface area contributed by atoms with E-state index in [1.807, 2.05) is 48.5 Å². The molecule has 1 N–H and O–H groups in total. The van der Waals surface area contributed by atoms with Gasteiger partial charge in [0.15, 0.2) is 0 Å². The quantitative estimate of drug-likeness (QED) is 0.509. The molecule has 0 atom stereocenters. The highest BCUT2D eigenvalue weighted by atomic mass is 79.9. The summed E-state index contributed by atoms with van der Waals surface area (Å²) < 4.78 is 8.01. The molecule has 1 aromatic heterocycles. The molecular weight excluding hydrogens is 404 g/mol.